The standard InChI is InChI=1S/C31H39NO2/c1-25-16-18-26(19-17-25)30(33)15-9-4-10-22-32-23-20-29(21-24-32)31(34,27-11-5-2-6-12-27)28-13-7-3-8-14-28/h2-3,5-8,11-14,16-19,29-30,33-34H,4,9-10,15,20-24H2,1H3. The Bertz CT molecular complexity index is 939. The SMILES string of the molecule is Cc1ccc(C(O)CCCCCN2CCC(C(O)(c3ccccc3)c3ccccc3)CC2)cc1. The zero-order chi connectivity index (χ0) is 23.8. The molecule has 0 radical (unpaired) electrons. The summed E-state index contributed by atoms with van der Waals surface area (Å²) in [4.78, 5) is 2.54. The third kappa shape index (κ3) is 5.96. The molecule has 0 amide bonds. The van der Waals surface area contributed by atoms with Crippen LogP contribution in [-0.2, 0) is 5.60 Å². The smallest absolute Gasteiger partial charge is 0.117 e. The molecule has 1 unspecified atom stereocenters. The molecule has 0 aliphatic carbocycles. The largest absolute Gasteiger partial charge is 0.388 e. The highest BCUT2D eigenvalue weighted by Crippen LogP contribution is 2.41. The van der Waals surface area contributed by atoms with E-state index in [9.17, 15) is 10.2 Å². The summed E-state index contributed by atoms with van der Waals surface area (Å²) in [6.07, 6.45) is 5.80. The molecule has 3 aromatic carbocycles. The highest BCUT2D eigenvalue weighted by molar-refractivity contribution is 5.37. The number of unbranched alkanes of at least 4 members (excludes halogenated alkanes) is 2. The molecule has 3 heteroatoms. The molecule has 1 saturated heterocycles. The molecule has 1 fully saturated rings. The van der Waals surface area contributed by atoms with Crippen molar-refractivity contribution < 1.29 is 10.2 Å². The number of hydrogen-bond acceptors (Lipinski definition) is 3. The van der Waals surface area contributed by atoms with E-state index in [1.165, 1.54) is 5.56 Å². The van der Waals surface area contributed by atoms with Crippen molar-refractivity contribution in [3.63, 3.8) is 0 Å². The van der Waals surface area contributed by atoms with Crippen LogP contribution in [0.1, 0.15) is 66.9 Å². The fourth-order valence-electron chi connectivity index (χ4n) is 5.40. The molecule has 2 N–H and O–H groups in total. The highest BCUT2D eigenvalue weighted by Gasteiger charge is 2.41. The van der Waals surface area contributed by atoms with E-state index in [0.29, 0.717) is 0 Å². The number of aryl methyl sites for hydroxylation is 1. The van der Waals surface area contributed by atoms with Gasteiger partial charge in [0, 0.05) is 0 Å². The van der Waals surface area contributed by atoms with E-state index in [0.717, 1.165) is 74.8 Å². The van der Waals surface area contributed by atoms with Gasteiger partial charge in [0.1, 0.15) is 5.60 Å². The van der Waals surface area contributed by atoms with Gasteiger partial charge in [0.25, 0.3) is 0 Å². The van der Waals surface area contributed by atoms with E-state index < -0.39 is 5.60 Å². The fraction of sp³-hybridized carbons (Fsp3) is 0.419. The van der Waals surface area contributed by atoms with Gasteiger partial charge < -0.3 is 15.1 Å². The molecule has 3 nitrogen and oxygen atoms in total. The first-order valence-corrected chi connectivity index (χ1v) is 12.9. The lowest BCUT2D eigenvalue weighted by Gasteiger charge is -2.42. The second-order valence-corrected chi connectivity index (χ2v) is 9.89. The van der Waals surface area contributed by atoms with Gasteiger partial charge in [0.05, 0.1) is 6.10 Å². The van der Waals surface area contributed by atoms with Gasteiger partial charge in [-0.25, -0.2) is 0 Å². The molecule has 1 aliphatic heterocycles. The van der Waals surface area contributed by atoms with Crippen LogP contribution >= 0.6 is 0 Å². The third-order valence-electron chi connectivity index (χ3n) is 7.52. The average Bonchev–Trinajstić information content (AvgIpc) is 2.89. The lowest BCUT2D eigenvalue weighted by atomic mass is 9.72. The molecule has 0 bridgehead atoms. The number of aliphatic hydroxyl groups excluding tert-OH is 1. The minimum atomic E-state index is -0.944. The zero-order valence-electron chi connectivity index (χ0n) is 20.4. The monoisotopic (exact) mass is 457 g/mol. The molecule has 1 atom stereocenters. The molecule has 180 valence electrons. The Morgan fingerprint density at radius 3 is 1.91 bits per heavy atom. The summed E-state index contributed by atoms with van der Waals surface area (Å²) in [5, 5.41) is 22.4. The molecule has 3 aromatic rings. The van der Waals surface area contributed by atoms with Crippen LogP contribution < -0.4 is 0 Å². The van der Waals surface area contributed by atoms with Gasteiger partial charge in [-0.3, -0.25) is 0 Å². The quantitative estimate of drug-likeness (QED) is 0.354. The lowest BCUT2D eigenvalue weighted by molar-refractivity contribution is -0.0143. The summed E-state index contributed by atoms with van der Waals surface area (Å²) < 4.78 is 0. The second-order valence-electron chi connectivity index (χ2n) is 9.89. The Morgan fingerprint density at radius 2 is 1.35 bits per heavy atom. The number of nitrogens with zero attached hydrogens (tertiary/aromatic N) is 1. The molecule has 1 heterocycles. The van der Waals surface area contributed by atoms with Gasteiger partial charge in [-0.15, -0.1) is 0 Å². The van der Waals surface area contributed by atoms with Crippen molar-refractivity contribution in [3.05, 3.63) is 107 Å². The van der Waals surface area contributed by atoms with Crippen molar-refractivity contribution in [2.45, 2.75) is 57.2 Å². The predicted octanol–water partition coefficient (Wildman–Crippen LogP) is 6.24. The minimum Gasteiger partial charge on any atom is -0.388 e. The van der Waals surface area contributed by atoms with Crippen LogP contribution in [0.4, 0.5) is 0 Å². The van der Waals surface area contributed by atoms with Gasteiger partial charge in [0.2, 0.25) is 0 Å². The fourth-order valence-corrected chi connectivity index (χ4v) is 5.40. The number of hydrogen-bond donors (Lipinski definition) is 2. The van der Waals surface area contributed by atoms with Crippen molar-refractivity contribution >= 4 is 0 Å². The number of benzene rings is 3. The zero-order valence-corrected chi connectivity index (χ0v) is 20.4. The van der Waals surface area contributed by atoms with Crippen molar-refractivity contribution in [2.24, 2.45) is 5.92 Å². The summed E-state index contributed by atoms with van der Waals surface area (Å²) in [5.74, 6) is 0.207. The number of aliphatic hydroxyl groups is 2. The maximum absolute atomic E-state index is 12.0. The summed E-state index contributed by atoms with van der Waals surface area (Å²) in [6, 6.07) is 28.6. The van der Waals surface area contributed by atoms with E-state index in [-0.39, 0.29) is 12.0 Å². The lowest BCUT2D eigenvalue weighted by Crippen LogP contribution is -2.44. The van der Waals surface area contributed by atoms with Crippen LogP contribution in [0, 0.1) is 12.8 Å². The van der Waals surface area contributed by atoms with Crippen LogP contribution in [-0.4, -0.2) is 34.7 Å². The van der Waals surface area contributed by atoms with Gasteiger partial charge in [-0.2, -0.15) is 0 Å². The molecule has 34 heavy (non-hydrogen) atoms. The maximum Gasteiger partial charge on any atom is 0.117 e. The third-order valence-corrected chi connectivity index (χ3v) is 7.52. The number of likely N-dealkylation sites (tertiary alicyclic amines) is 1. The Hall–Kier alpha value is -2.46. The first-order chi connectivity index (χ1) is 16.6. The van der Waals surface area contributed by atoms with Crippen molar-refractivity contribution in [1.29, 1.82) is 0 Å². The number of piperidine rings is 1. The Labute approximate surface area is 205 Å². The first-order valence-electron chi connectivity index (χ1n) is 12.9. The van der Waals surface area contributed by atoms with E-state index >= 15 is 0 Å². The summed E-state index contributed by atoms with van der Waals surface area (Å²) >= 11 is 0. The summed E-state index contributed by atoms with van der Waals surface area (Å²) in [6.45, 7) is 5.22. The first kappa shape index (κ1) is 24.7. The number of rotatable bonds is 10. The van der Waals surface area contributed by atoms with Gasteiger partial charge in [-0.1, -0.05) is 103 Å². The molecule has 4 rings (SSSR count). The van der Waals surface area contributed by atoms with Crippen molar-refractivity contribution in [3.8, 4) is 0 Å². The average molecular weight is 458 g/mol. The molecular weight excluding hydrogens is 418 g/mol. The molecule has 0 spiro atoms. The topological polar surface area (TPSA) is 43.7 Å². The van der Waals surface area contributed by atoms with E-state index in [1.807, 2.05) is 48.5 Å². The van der Waals surface area contributed by atoms with E-state index in [1.54, 1.807) is 0 Å². The van der Waals surface area contributed by atoms with E-state index in [4.69, 9.17) is 0 Å². The van der Waals surface area contributed by atoms with Gasteiger partial charge in [-0.05, 0) is 74.8 Å². The van der Waals surface area contributed by atoms with Gasteiger partial charge in [0.15, 0.2) is 0 Å². The van der Waals surface area contributed by atoms with Crippen LogP contribution in [0.15, 0.2) is 84.9 Å². The van der Waals surface area contributed by atoms with Crippen molar-refractivity contribution in [1.82, 2.24) is 4.90 Å². The van der Waals surface area contributed by atoms with E-state index in [2.05, 4.69) is 48.2 Å². The molecule has 1 aliphatic rings. The maximum atomic E-state index is 12.0. The second kappa shape index (κ2) is 11.8. The Morgan fingerprint density at radius 1 is 0.794 bits per heavy atom. The van der Waals surface area contributed by atoms with Crippen LogP contribution in [0.25, 0.3) is 0 Å². The van der Waals surface area contributed by atoms with Crippen molar-refractivity contribution in [2.75, 3.05) is 19.6 Å². The molecule has 0 saturated carbocycles. The summed E-state index contributed by atoms with van der Waals surface area (Å²) in [7, 11) is 0. The Kier molecular flexibility index (Phi) is 8.55. The van der Waals surface area contributed by atoms with Crippen LogP contribution in [0.5, 0.6) is 0 Å². The van der Waals surface area contributed by atoms with Gasteiger partial charge >= 0.3 is 0 Å². The highest BCUT2D eigenvalue weighted by atomic mass is 16.3. The molecule has 0 aromatic heterocycles. The van der Waals surface area contributed by atoms with Crippen LogP contribution in [0.3, 0.4) is 0 Å². The normalized spacial score (nSPS) is 16.4. The van der Waals surface area contributed by atoms with Crippen LogP contribution in [0.2, 0.25) is 0 Å². The summed E-state index contributed by atoms with van der Waals surface area (Å²) in [5.41, 5.74) is 3.29. The minimum absolute atomic E-state index is 0.207. The molecular formula is C31H39NO2. The Balaban J connectivity index is 1.25. The predicted molar refractivity (Wildman–Crippen MR) is 140 cm³/mol.